The van der Waals surface area contributed by atoms with Gasteiger partial charge in [0, 0.05) is 24.4 Å². The monoisotopic (exact) mass is 512 g/mol. The van der Waals surface area contributed by atoms with Crippen LogP contribution < -0.4 is 19.3 Å². The molecule has 1 saturated heterocycles. The molecule has 7 heteroatoms. The van der Waals surface area contributed by atoms with Gasteiger partial charge >= 0.3 is 0 Å². The van der Waals surface area contributed by atoms with Gasteiger partial charge in [-0.25, -0.2) is 0 Å². The number of carbonyl (C=O) groups is 2. The summed E-state index contributed by atoms with van der Waals surface area (Å²) in [5.41, 5.74) is 3.59. The molecule has 3 aromatic carbocycles. The standard InChI is InChI=1S/C31H32N2O5/c1-31(2,3)21-12-9-19(10-13-21)27-26(28(34)20-11-14-25-24(17-20)32(4)15-16-38-25)29(35)30(36)33(27)22-7-6-8-23(18-22)37-5/h6-14,17-18,27,34H,15-16H2,1-5H3/b28-26-. The number of hydrogen-bond acceptors (Lipinski definition) is 6. The SMILES string of the molecule is COc1cccc(N2C(=O)C(=O)/C(=C(\O)c3ccc4c(c3)N(C)CCO4)C2c2ccc(C(C)(C)C)cc2)c1. The molecule has 1 fully saturated rings. The van der Waals surface area contributed by atoms with Crippen LogP contribution in [0.25, 0.3) is 5.76 Å². The molecule has 1 N–H and O–H groups in total. The summed E-state index contributed by atoms with van der Waals surface area (Å²) in [6, 6.07) is 19.4. The van der Waals surface area contributed by atoms with Gasteiger partial charge in [0.15, 0.2) is 0 Å². The predicted octanol–water partition coefficient (Wildman–Crippen LogP) is 5.45. The summed E-state index contributed by atoms with van der Waals surface area (Å²) in [6.07, 6.45) is 0. The van der Waals surface area contributed by atoms with Gasteiger partial charge in [-0.05, 0) is 46.9 Å². The van der Waals surface area contributed by atoms with Crippen molar-refractivity contribution in [2.45, 2.75) is 32.2 Å². The predicted molar refractivity (Wildman–Crippen MR) is 148 cm³/mol. The number of carbonyl (C=O) groups excluding carboxylic acids is 2. The van der Waals surface area contributed by atoms with Gasteiger partial charge in [-0.15, -0.1) is 0 Å². The molecular weight excluding hydrogens is 480 g/mol. The number of ketones is 1. The van der Waals surface area contributed by atoms with E-state index in [0.29, 0.717) is 35.9 Å². The molecule has 2 aliphatic heterocycles. The van der Waals surface area contributed by atoms with E-state index >= 15 is 0 Å². The Balaban J connectivity index is 1.69. The Morgan fingerprint density at radius 3 is 2.45 bits per heavy atom. The van der Waals surface area contributed by atoms with Gasteiger partial charge in [0.2, 0.25) is 0 Å². The van der Waals surface area contributed by atoms with Crippen molar-refractivity contribution in [1.82, 2.24) is 0 Å². The Morgan fingerprint density at radius 2 is 1.76 bits per heavy atom. The lowest BCUT2D eigenvalue weighted by atomic mass is 9.85. The van der Waals surface area contributed by atoms with Crippen molar-refractivity contribution in [3.8, 4) is 11.5 Å². The number of amides is 1. The van der Waals surface area contributed by atoms with Crippen LogP contribution in [-0.2, 0) is 15.0 Å². The minimum absolute atomic E-state index is 0.0423. The number of aliphatic hydroxyl groups excluding tert-OH is 1. The summed E-state index contributed by atoms with van der Waals surface area (Å²) >= 11 is 0. The van der Waals surface area contributed by atoms with E-state index in [2.05, 4.69) is 20.8 Å². The normalized spacial score (nSPS) is 18.8. The van der Waals surface area contributed by atoms with E-state index in [1.54, 1.807) is 49.6 Å². The molecule has 1 amide bonds. The third kappa shape index (κ3) is 4.38. The lowest BCUT2D eigenvalue weighted by Gasteiger charge is -2.28. The second-order valence-electron chi connectivity index (χ2n) is 10.7. The minimum Gasteiger partial charge on any atom is -0.507 e. The Kier molecular flexibility index (Phi) is 6.39. The lowest BCUT2D eigenvalue weighted by Crippen LogP contribution is -2.29. The molecule has 1 unspecified atom stereocenters. The van der Waals surface area contributed by atoms with Gasteiger partial charge in [0.05, 0.1) is 31.0 Å². The number of methoxy groups -OCH3 is 1. The average Bonchev–Trinajstić information content (AvgIpc) is 3.18. The van der Waals surface area contributed by atoms with Gasteiger partial charge < -0.3 is 19.5 Å². The zero-order valence-corrected chi connectivity index (χ0v) is 22.3. The van der Waals surface area contributed by atoms with E-state index < -0.39 is 17.7 Å². The Labute approximate surface area is 222 Å². The summed E-state index contributed by atoms with van der Waals surface area (Å²) in [5.74, 6) is -0.397. The Hall–Kier alpha value is -4.26. The molecule has 196 valence electrons. The van der Waals surface area contributed by atoms with Crippen LogP contribution in [0, 0.1) is 0 Å². The fourth-order valence-electron chi connectivity index (χ4n) is 4.99. The van der Waals surface area contributed by atoms with Crippen molar-refractivity contribution in [2.75, 3.05) is 37.1 Å². The molecule has 0 saturated carbocycles. The summed E-state index contributed by atoms with van der Waals surface area (Å²) < 4.78 is 11.1. The highest BCUT2D eigenvalue weighted by Crippen LogP contribution is 2.44. The number of rotatable bonds is 4. The van der Waals surface area contributed by atoms with Crippen molar-refractivity contribution >= 4 is 28.8 Å². The third-order valence-electron chi connectivity index (χ3n) is 7.20. The first-order chi connectivity index (χ1) is 18.1. The molecule has 0 spiro atoms. The maximum Gasteiger partial charge on any atom is 0.300 e. The van der Waals surface area contributed by atoms with Crippen molar-refractivity contribution < 1.29 is 24.2 Å². The molecule has 2 heterocycles. The van der Waals surface area contributed by atoms with Gasteiger partial charge in [-0.1, -0.05) is 51.1 Å². The zero-order valence-electron chi connectivity index (χ0n) is 22.3. The number of benzene rings is 3. The van der Waals surface area contributed by atoms with Crippen molar-refractivity contribution in [3.05, 3.63) is 89.0 Å². The highest BCUT2D eigenvalue weighted by Gasteiger charge is 2.47. The van der Waals surface area contributed by atoms with Gasteiger partial charge in [0.1, 0.15) is 23.9 Å². The van der Waals surface area contributed by atoms with Crippen LogP contribution in [0.4, 0.5) is 11.4 Å². The van der Waals surface area contributed by atoms with E-state index in [9.17, 15) is 14.7 Å². The summed E-state index contributed by atoms with van der Waals surface area (Å²) in [5, 5.41) is 11.6. The van der Waals surface area contributed by atoms with Crippen molar-refractivity contribution in [2.24, 2.45) is 0 Å². The fourth-order valence-corrected chi connectivity index (χ4v) is 4.99. The first-order valence-corrected chi connectivity index (χ1v) is 12.6. The molecule has 2 aliphatic rings. The summed E-state index contributed by atoms with van der Waals surface area (Å²) in [6.45, 7) is 7.66. The van der Waals surface area contributed by atoms with E-state index in [1.807, 2.05) is 36.2 Å². The number of hydrogen-bond donors (Lipinski definition) is 1. The van der Waals surface area contributed by atoms with Crippen LogP contribution >= 0.6 is 0 Å². The Bertz CT molecular complexity index is 1440. The first kappa shape index (κ1) is 25.4. The quantitative estimate of drug-likeness (QED) is 0.285. The summed E-state index contributed by atoms with van der Waals surface area (Å²) in [4.78, 5) is 30.5. The molecule has 1 atom stereocenters. The van der Waals surface area contributed by atoms with E-state index in [4.69, 9.17) is 9.47 Å². The highest BCUT2D eigenvalue weighted by atomic mass is 16.5. The molecule has 5 rings (SSSR count). The zero-order chi connectivity index (χ0) is 27.2. The maximum absolute atomic E-state index is 13.5. The minimum atomic E-state index is -0.818. The van der Waals surface area contributed by atoms with Crippen LogP contribution in [0.2, 0.25) is 0 Å². The lowest BCUT2D eigenvalue weighted by molar-refractivity contribution is -0.132. The second kappa shape index (κ2) is 9.56. The van der Waals surface area contributed by atoms with Crippen LogP contribution in [0.3, 0.4) is 0 Å². The third-order valence-corrected chi connectivity index (χ3v) is 7.20. The van der Waals surface area contributed by atoms with Gasteiger partial charge in [-0.3, -0.25) is 14.5 Å². The van der Waals surface area contributed by atoms with Crippen LogP contribution in [0.5, 0.6) is 11.5 Å². The number of nitrogens with zero attached hydrogens (tertiary/aromatic N) is 2. The molecule has 0 bridgehead atoms. The van der Waals surface area contributed by atoms with Gasteiger partial charge in [-0.2, -0.15) is 0 Å². The van der Waals surface area contributed by atoms with E-state index in [-0.39, 0.29) is 16.7 Å². The molecule has 7 nitrogen and oxygen atoms in total. The molecule has 3 aromatic rings. The van der Waals surface area contributed by atoms with Crippen LogP contribution in [0.15, 0.2) is 72.3 Å². The van der Waals surface area contributed by atoms with Gasteiger partial charge in [0.25, 0.3) is 11.7 Å². The molecule has 0 aromatic heterocycles. The van der Waals surface area contributed by atoms with E-state index in [1.165, 1.54) is 4.90 Å². The molecule has 38 heavy (non-hydrogen) atoms. The maximum atomic E-state index is 13.5. The van der Waals surface area contributed by atoms with Crippen LogP contribution in [-0.4, -0.2) is 44.1 Å². The van der Waals surface area contributed by atoms with Crippen molar-refractivity contribution in [1.29, 1.82) is 0 Å². The largest absolute Gasteiger partial charge is 0.507 e. The number of anilines is 2. The smallest absolute Gasteiger partial charge is 0.300 e. The topological polar surface area (TPSA) is 79.3 Å². The molecule has 0 aliphatic carbocycles. The Morgan fingerprint density at radius 1 is 1.03 bits per heavy atom. The number of aliphatic hydroxyl groups is 1. The number of likely N-dealkylation sites (N-methyl/N-ethyl adjacent to an activating group) is 1. The average molecular weight is 513 g/mol. The summed E-state index contributed by atoms with van der Waals surface area (Å²) in [7, 11) is 3.50. The number of Topliss-reactive ketones (excluding diaryl/α,β-unsaturated/α-hetero) is 1. The highest BCUT2D eigenvalue weighted by molar-refractivity contribution is 6.51. The fraction of sp³-hybridized carbons (Fsp3) is 0.290. The van der Waals surface area contributed by atoms with Crippen LogP contribution in [0.1, 0.15) is 43.5 Å². The van der Waals surface area contributed by atoms with E-state index in [0.717, 1.165) is 16.8 Å². The second-order valence-corrected chi connectivity index (χ2v) is 10.7. The molecule has 0 radical (unpaired) electrons. The number of fused-ring (bicyclic) bond motifs is 1. The van der Waals surface area contributed by atoms with Crippen molar-refractivity contribution in [3.63, 3.8) is 0 Å². The first-order valence-electron chi connectivity index (χ1n) is 12.6. The molecular formula is C31H32N2O5. The number of ether oxygens (including phenoxy) is 2.